The number of pyridine rings is 1. The van der Waals surface area contributed by atoms with Crippen LogP contribution in [0.3, 0.4) is 0 Å². The van der Waals surface area contributed by atoms with E-state index in [9.17, 15) is 9.90 Å². The van der Waals surface area contributed by atoms with Crippen LogP contribution in [-0.2, 0) is 26.1 Å². The minimum absolute atomic E-state index is 0. The van der Waals surface area contributed by atoms with E-state index in [4.69, 9.17) is 4.98 Å². The molecule has 5 rings (SSSR count). The number of anilines is 1. The highest BCUT2D eigenvalue weighted by molar-refractivity contribution is 6.01. The Hall–Kier alpha value is -2.87. The van der Waals surface area contributed by atoms with Gasteiger partial charge in [-0.3, -0.25) is 4.79 Å². The highest BCUT2D eigenvalue weighted by atomic mass is 35.5. The molecule has 2 aliphatic rings. The fourth-order valence-electron chi connectivity index (χ4n) is 5.54. The number of aliphatic hydroxyl groups excluding tert-OH is 1. The largest absolute Gasteiger partial charge is 0.392 e. The summed E-state index contributed by atoms with van der Waals surface area (Å²) in [5, 5.41) is 11.2. The monoisotopic (exact) mass is 509 g/mol. The Labute approximate surface area is 219 Å². The molecule has 192 valence electrons. The highest BCUT2D eigenvalue weighted by Crippen LogP contribution is 2.35. The standard InChI is InChI=1S/C28H35N5O2.ClH/c1-4-11-33-20(3)24(19-34)23-17-25(28(35)31-15-13-30(5-2)14-16-31)29-27(26(23)33)32-12-10-21-8-6-7-9-22(21)18-32;/h4,6-9,17,34H,1,5,10-16,18-19H2,2-3H3;1H. The van der Waals surface area contributed by atoms with Crippen molar-refractivity contribution in [1.82, 2.24) is 19.4 Å². The molecule has 1 N–H and O–H groups in total. The molecule has 36 heavy (non-hydrogen) atoms. The number of fused-ring (bicyclic) bond motifs is 2. The van der Waals surface area contributed by atoms with Gasteiger partial charge in [0.25, 0.3) is 5.91 Å². The van der Waals surface area contributed by atoms with E-state index in [0.717, 1.165) is 67.1 Å². The minimum atomic E-state index is -0.0818. The van der Waals surface area contributed by atoms with Crippen molar-refractivity contribution in [2.45, 2.75) is 40.0 Å². The number of benzene rings is 1. The van der Waals surface area contributed by atoms with Gasteiger partial charge in [0, 0.05) is 62.5 Å². The second-order valence-electron chi connectivity index (χ2n) is 9.52. The van der Waals surface area contributed by atoms with Gasteiger partial charge in [-0.05, 0) is 37.1 Å². The lowest BCUT2D eigenvalue weighted by molar-refractivity contribution is 0.0638. The Morgan fingerprint density at radius 3 is 2.53 bits per heavy atom. The normalized spacial score (nSPS) is 16.1. The van der Waals surface area contributed by atoms with Crippen molar-refractivity contribution in [3.8, 4) is 0 Å². The maximum Gasteiger partial charge on any atom is 0.272 e. The van der Waals surface area contributed by atoms with Crippen LogP contribution < -0.4 is 4.90 Å². The van der Waals surface area contributed by atoms with Crippen LogP contribution in [0.2, 0.25) is 0 Å². The van der Waals surface area contributed by atoms with Crippen molar-refractivity contribution < 1.29 is 9.90 Å². The zero-order valence-electron chi connectivity index (χ0n) is 21.2. The van der Waals surface area contributed by atoms with Gasteiger partial charge in [0.2, 0.25) is 0 Å². The van der Waals surface area contributed by atoms with Crippen LogP contribution in [0.5, 0.6) is 0 Å². The molecule has 0 spiro atoms. The molecule has 1 fully saturated rings. The molecule has 0 saturated carbocycles. The maximum absolute atomic E-state index is 13.6. The SMILES string of the molecule is C=CCn1c(C)c(CO)c2cc(C(=O)N3CCN(CC)CC3)nc(N3CCc4ccccc4C3)c21.Cl. The van der Waals surface area contributed by atoms with Gasteiger partial charge in [-0.2, -0.15) is 0 Å². The van der Waals surface area contributed by atoms with E-state index in [1.54, 1.807) is 0 Å². The van der Waals surface area contributed by atoms with Crippen molar-refractivity contribution >= 4 is 35.0 Å². The van der Waals surface area contributed by atoms with Crippen LogP contribution in [0.15, 0.2) is 43.0 Å². The summed E-state index contributed by atoms with van der Waals surface area (Å²) in [5.74, 6) is 0.788. The smallest absolute Gasteiger partial charge is 0.272 e. The van der Waals surface area contributed by atoms with Crippen LogP contribution in [0.25, 0.3) is 10.9 Å². The highest BCUT2D eigenvalue weighted by Gasteiger charge is 2.28. The molecule has 3 aromatic rings. The number of halogens is 1. The van der Waals surface area contributed by atoms with Gasteiger partial charge in [0.15, 0.2) is 5.82 Å². The van der Waals surface area contributed by atoms with Gasteiger partial charge in [0.05, 0.1) is 12.1 Å². The summed E-state index contributed by atoms with van der Waals surface area (Å²) < 4.78 is 2.17. The number of aromatic nitrogens is 2. The first-order chi connectivity index (χ1) is 17.0. The summed E-state index contributed by atoms with van der Waals surface area (Å²) in [4.78, 5) is 25.2. The molecule has 0 unspecified atom stereocenters. The quantitative estimate of drug-likeness (QED) is 0.512. The molecular weight excluding hydrogens is 474 g/mol. The molecule has 0 atom stereocenters. The molecule has 0 aliphatic carbocycles. The first-order valence-electron chi connectivity index (χ1n) is 12.6. The molecular formula is C28H36ClN5O2. The second kappa shape index (κ2) is 11.0. The molecule has 2 aromatic heterocycles. The van der Waals surface area contributed by atoms with Gasteiger partial charge < -0.3 is 24.4 Å². The van der Waals surface area contributed by atoms with Gasteiger partial charge >= 0.3 is 0 Å². The first kappa shape index (κ1) is 26.2. The Morgan fingerprint density at radius 2 is 1.86 bits per heavy atom. The van der Waals surface area contributed by atoms with E-state index in [1.165, 1.54) is 11.1 Å². The fourth-order valence-corrected chi connectivity index (χ4v) is 5.54. The third kappa shape index (κ3) is 4.63. The number of carbonyl (C=O) groups is 1. The Balaban J connectivity index is 0.00000304. The molecule has 2 aliphatic heterocycles. The first-order valence-corrected chi connectivity index (χ1v) is 12.6. The number of aliphatic hydroxyl groups is 1. The molecule has 8 heteroatoms. The minimum Gasteiger partial charge on any atom is -0.392 e. The lowest BCUT2D eigenvalue weighted by atomic mass is 9.99. The number of allylic oxidation sites excluding steroid dienone is 1. The van der Waals surface area contributed by atoms with Gasteiger partial charge in [-0.1, -0.05) is 37.3 Å². The van der Waals surface area contributed by atoms with Crippen LogP contribution in [0.1, 0.15) is 39.8 Å². The van der Waals surface area contributed by atoms with E-state index >= 15 is 0 Å². The number of hydrogen-bond donors (Lipinski definition) is 1. The maximum atomic E-state index is 13.6. The topological polar surface area (TPSA) is 64.8 Å². The average molecular weight is 510 g/mol. The van der Waals surface area contributed by atoms with Gasteiger partial charge in [-0.25, -0.2) is 4.98 Å². The number of carbonyl (C=O) groups excluding carboxylic acids is 1. The Kier molecular flexibility index (Phi) is 8.03. The Morgan fingerprint density at radius 1 is 1.14 bits per heavy atom. The summed E-state index contributed by atoms with van der Waals surface area (Å²) in [7, 11) is 0. The van der Waals surface area contributed by atoms with Crippen LogP contribution in [0.4, 0.5) is 5.82 Å². The zero-order valence-corrected chi connectivity index (χ0v) is 22.1. The van der Waals surface area contributed by atoms with E-state index in [1.807, 2.05) is 24.0 Å². The van der Waals surface area contributed by atoms with Crippen molar-refractivity contribution in [2.24, 2.45) is 0 Å². The molecule has 0 bridgehead atoms. The van der Waals surface area contributed by atoms with Crippen LogP contribution in [0, 0.1) is 6.92 Å². The number of nitrogens with zero attached hydrogens (tertiary/aromatic N) is 5. The number of likely N-dealkylation sites (N-methyl/N-ethyl adjacent to an activating group) is 1. The lowest BCUT2D eigenvalue weighted by Gasteiger charge is -2.34. The lowest BCUT2D eigenvalue weighted by Crippen LogP contribution is -2.48. The molecule has 7 nitrogen and oxygen atoms in total. The average Bonchev–Trinajstić information content (AvgIpc) is 3.17. The van der Waals surface area contributed by atoms with Crippen molar-refractivity contribution in [3.63, 3.8) is 0 Å². The predicted octanol–water partition coefficient (Wildman–Crippen LogP) is 3.79. The van der Waals surface area contributed by atoms with E-state index < -0.39 is 0 Å². The van der Waals surface area contributed by atoms with Gasteiger partial charge in [0.1, 0.15) is 5.69 Å². The fraction of sp³-hybridized carbons (Fsp3) is 0.429. The van der Waals surface area contributed by atoms with E-state index in [0.29, 0.717) is 25.3 Å². The summed E-state index contributed by atoms with van der Waals surface area (Å²) in [6.45, 7) is 14.4. The summed E-state index contributed by atoms with van der Waals surface area (Å²) in [5.41, 5.74) is 5.94. The van der Waals surface area contributed by atoms with Crippen molar-refractivity contribution in [1.29, 1.82) is 0 Å². The molecule has 4 heterocycles. The number of amides is 1. The summed E-state index contributed by atoms with van der Waals surface area (Å²) in [6, 6.07) is 10.4. The number of hydrogen-bond acceptors (Lipinski definition) is 5. The number of piperazine rings is 1. The van der Waals surface area contributed by atoms with Gasteiger partial charge in [-0.15, -0.1) is 19.0 Å². The Bertz CT molecular complexity index is 1260. The third-order valence-electron chi connectivity index (χ3n) is 7.64. The molecule has 1 saturated heterocycles. The molecule has 1 amide bonds. The second-order valence-corrected chi connectivity index (χ2v) is 9.52. The third-order valence-corrected chi connectivity index (χ3v) is 7.64. The van der Waals surface area contributed by atoms with E-state index in [-0.39, 0.29) is 24.9 Å². The summed E-state index contributed by atoms with van der Waals surface area (Å²) >= 11 is 0. The predicted molar refractivity (Wildman–Crippen MR) is 147 cm³/mol. The van der Waals surface area contributed by atoms with Crippen LogP contribution >= 0.6 is 12.4 Å². The molecule has 1 aromatic carbocycles. The van der Waals surface area contributed by atoms with E-state index in [2.05, 4.69) is 52.1 Å². The number of rotatable bonds is 6. The zero-order chi connectivity index (χ0) is 24.5. The summed E-state index contributed by atoms with van der Waals surface area (Å²) in [6.07, 6.45) is 2.81. The van der Waals surface area contributed by atoms with Crippen LogP contribution in [-0.4, -0.2) is 69.6 Å². The van der Waals surface area contributed by atoms with Crippen molar-refractivity contribution in [2.75, 3.05) is 44.2 Å². The van der Waals surface area contributed by atoms with Crippen molar-refractivity contribution in [3.05, 3.63) is 71.1 Å². The molecule has 0 radical (unpaired) electrons.